The zero-order valence-corrected chi connectivity index (χ0v) is 11.2. The summed E-state index contributed by atoms with van der Waals surface area (Å²) in [6.45, 7) is 0.486. The van der Waals surface area contributed by atoms with Crippen molar-refractivity contribution >= 4 is 0 Å². The van der Waals surface area contributed by atoms with E-state index in [1.807, 2.05) is 42.5 Å². The molecular weight excluding hydrogens is 248 g/mol. The second kappa shape index (κ2) is 4.94. The fourth-order valence-corrected chi connectivity index (χ4v) is 2.36. The zero-order chi connectivity index (χ0) is 14.0. The van der Waals surface area contributed by atoms with E-state index in [1.165, 1.54) is 0 Å². The highest BCUT2D eigenvalue weighted by molar-refractivity contribution is 5.51. The second-order valence-corrected chi connectivity index (χ2v) is 5.18. The van der Waals surface area contributed by atoms with Crippen molar-refractivity contribution in [2.45, 2.75) is 24.9 Å². The molecule has 20 heavy (non-hydrogen) atoms. The minimum Gasteiger partial charge on any atom is -0.507 e. The lowest BCUT2D eigenvalue weighted by Crippen LogP contribution is -2.03. The number of hydrogen-bond donors (Lipinski definition) is 1. The highest BCUT2D eigenvalue weighted by Crippen LogP contribution is 2.51. The lowest BCUT2D eigenvalue weighted by atomic mass is 9.96. The molecule has 1 N–H and O–H groups in total. The third-order valence-electron chi connectivity index (χ3n) is 3.76. The zero-order valence-electron chi connectivity index (χ0n) is 11.2. The van der Waals surface area contributed by atoms with Gasteiger partial charge < -0.3 is 9.84 Å². The van der Waals surface area contributed by atoms with E-state index in [4.69, 9.17) is 11.2 Å². The molecule has 2 heteroatoms. The van der Waals surface area contributed by atoms with Crippen LogP contribution in [-0.4, -0.2) is 5.11 Å². The summed E-state index contributed by atoms with van der Waals surface area (Å²) in [6.07, 6.45) is 7.44. The third kappa shape index (κ3) is 2.35. The van der Waals surface area contributed by atoms with E-state index in [0.717, 1.165) is 24.0 Å². The Bertz CT molecular complexity index is 649. The van der Waals surface area contributed by atoms with Gasteiger partial charge in [-0.05, 0) is 24.5 Å². The van der Waals surface area contributed by atoms with Crippen LogP contribution in [0.4, 0.5) is 0 Å². The Hall–Kier alpha value is -2.40. The topological polar surface area (TPSA) is 29.5 Å². The molecule has 2 nitrogen and oxygen atoms in total. The van der Waals surface area contributed by atoms with Gasteiger partial charge in [0.25, 0.3) is 0 Å². The lowest BCUT2D eigenvalue weighted by molar-refractivity contribution is 0.304. The number of benzene rings is 2. The molecular formula is C18H16O2. The van der Waals surface area contributed by atoms with Crippen LogP contribution in [0, 0.1) is 12.3 Å². The third-order valence-corrected chi connectivity index (χ3v) is 3.76. The molecule has 2 aromatic rings. The Morgan fingerprint density at radius 1 is 1.15 bits per heavy atom. The van der Waals surface area contributed by atoms with Gasteiger partial charge in [-0.25, -0.2) is 0 Å². The summed E-state index contributed by atoms with van der Waals surface area (Å²) in [5, 5.41) is 10.1. The van der Waals surface area contributed by atoms with E-state index < -0.39 is 0 Å². The molecule has 0 saturated heterocycles. The van der Waals surface area contributed by atoms with E-state index in [0.29, 0.717) is 12.4 Å². The smallest absolute Gasteiger partial charge is 0.124 e. The lowest BCUT2D eigenvalue weighted by Gasteiger charge is -2.12. The monoisotopic (exact) mass is 264 g/mol. The van der Waals surface area contributed by atoms with Crippen molar-refractivity contribution in [1.29, 1.82) is 0 Å². The van der Waals surface area contributed by atoms with Gasteiger partial charge in [-0.3, -0.25) is 0 Å². The van der Waals surface area contributed by atoms with E-state index in [1.54, 1.807) is 6.07 Å². The minimum atomic E-state index is -0.248. The molecule has 1 fully saturated rings. The summed E-state index contributed by atoms with van der Waals surface area (Å²) in [4.78, 5) is 0. The molecule has 0 spiro atoms. The first-order valence-corrected chi connectivity index (χ1v) is 6.71. The van der Waals surface area contributed by atoms with Gasteiger partial charge in [0.2, 0.25) is 0 Å². The molecule has 0 aliphatic heterocycles. The molecule has 0 amide bonds. The number of phenolic OH excluding ortho intramolecular Hbond substituents is 1. The van der Waals surface area contributed by atoms with E-state index in [9.17, 15) is 5.11 Å². The summed E-state index contributed by atoms with van der Waals surface area (Å²) in [5.41, 5.74) is 1.69. The highest BCUT2D eigenvalue weighted by Gasteiger charge is 2.44. The van der Waals surface area contributed by atoms with E-state index >= 15 is 0 Å². The molecule has 1 aliphatic carbocycles. The van der Waals surface area contributed by atoms with Crippen molar-refractivity contribution in [2.75, 3.05) is 0 Å². The number of phenols is 1. The number of rotatable bonds is 4. The van der Waals surface area contributed by atoms with Gasteiger partial charge in [0.15, 0.2) is 0 Å². The number of hydrogen-bond acceptors (Lipinski definition) is 2. The van der Waals surface area contributed by atoms with Crippen LogP contribution < -0.4 is 4.74 Å². The van der Waals surface area contributed by atoms with Gasteiger partial charge in [-0.1, -0.05) is 42.3 Å². The maximum atomic E-state index is 10.1. The van der Waals surface area contributed by atoms with Crippen LogP contribution in [0.25, 0.3) is 0 Å². The highest BCUT2D eigenvalue weighted by atomic mass is 16.5. The fourth-order valence-electron chi connectivity index (χ4n) is 2.36. The SMILES string of the molecule is C#CC1(c2ccc(OCc3ccccc3)cc2O)CC1. The average Bonchev–Trinajstić information content (AvgIpc) is 3.27. The van der Waals surface area contributed by atoms with Crippen LogP contribution in [0.5, 0.6) is 11.5 Å². The Morgan fingerprint density at radius 3 is 2.50 bits per heavy atom. The van der Waals surface area contributed by atoms with Crippen molar-refractivity contribution in [3.8, 4) is 23.8 Å². The van der Waals surface area contributed by atoms with Crippen LogP contribution in [0.1, 0.15) is 24.0 Å². The molecule has 0 unspecified atom stereocenters. The van der Waals surface area contributed by atoms with Gasteiger partial charge in [-0.2, -0.15) is 0 Å². The summed E-state index contributed by atoms with van der Waals surface area (Å²) >= 11 is 0. The fraction of sp³-hybridized carbons (Fsp3) is 0.222. The maximum Gasteiger partial charge on any atom is 0.124 e. The van der Waals surface area contributed by atoms with E-state index in [2.05, 4.69) is 5.92 Å². The molecule has 0 atom stereocenters. The molecule has 0 aromatic heterocycles. The molecule has 2 aromatic carbocycles. The first-order chi connectivity index (χ1) is 9.73. The van der Waals surface area contributed by atoms with E-state index in [-0.39, 0.29) is 11.2 Å². The standard InChI is InChI=1S/C18H16O2/c1-2-18(10-11-18)16-9-8-15(12-17(16)19)20-13-14-6-4-3-5-7-14/h1,3-9,12,19H,10-11,13H2. The summed E-state index contributed by atoms with van der Waals surface area (Å²) in [7, 11) is 0. The van der Waals surface area contributed by atoms with Gasteiger partial charge in [0.05, 0.1) is 5.41 Å². The van der Waals surface area contributed by atoms with Crippen LogP contribution in [0.15, 0.2) is 48.5 Å². The molecule has 1 saturated carbocycles. The molecule has 100 valence electrons. The Balaban J connectivity index is 1.73. The average molecular weight is 264 g/mol. The van der Waals surface area contributed by atoms with Crippen LogP contribution in [0.3, 0.4) is 0 Å². The molecule has 1 aliphatic rings. The van der Waals surface area contributed by atoms with Gasteiger partial charge >= 0.3 is 0 Å². The van der Waals surface area contributed by atoms with Gasteiger partial charge in [0.1, 0.15) is 18.1 Å². The molecule has 3 rings (SSSR count). The number of aromatic hydroxyl groups is 1. The minimum absolute atomic E-state index is 0.228. The predicted molar refractivity (Wildman–Crippen MR) is 78.6 cm³/mol. The molecule has 0 bridgehead atoms. The Morgan fingerprint density at radius 2 is 1.90 bits per heavy atom. The second-order valence-electron chi connectivity index (χ2n) is 5.18. The normalized spacial score (nSPS) is 15.3. The molecule has 0 radical (unpaired) electrons. The summed E-state index contributed by atoms with van der Waals surface area (Å²) < 4.78 is 5.68. The quantitative estimate of drug-likeness (QED) is 0.854. The maximum absolute atomic E-state index is 10.1. The van der Waals surface area contributed by atoms with Crippen LogP contribution in [-0.2, 0) is 12.0 Å². The Kier molecular flexibility index (Phi) is 3.12. The van der Waals surface area contributed by atoms with Gasteiger partial charge in [0, 0.05) is 11.6 Å². The summed E-state index contributed by atoms with van der Waals surface area (Å²) in [5.74, 6) is 3.67. The number of ether oxygens (including phenoxy) is 1. The van der Waals surface area contributed by atoms with Gasteiger partial charge in [-0.15, -0.1) is 6.42 Å². The van der Waals surface area contributed by atoms with Crippen molar-refractivity contribution in [3.63, 3.8) is 0 Å². The van der Waals surface area contributed by atoms with Crippen LogP contribution >= 0.6 is 0 Å². The summed E-state index contributed by atoms with van der Waals surface area (Å²) in [6, 6.07) is 15.3. The Labute approximate surface area is 119 Å². The molecule has 0 heterocycles. The van der Waals surface area contributed by atoms with Crippen LogP contribution in [0.2, 0.25) is 0 Å². The number of terminal acetylenes is 1. The first-order valence-electron chi connectivity index (χ1n) is 6.71. The van der Waals surface area contributed by atoms with Crippen molar-refractivity contribution < 1.29 is 9.84 Å². The van der Waals surface area contributed by atoms with Crippen molar-refractivity contribution in [1.82, 2.24) is 0 Å². The largest absolute Gasteiger partial charge is 0.507 e. The van der Waals surface area contributed by atoms with Crippen molar-refractivity contribution in [2.24, 2.45) is 0 Å². The first kappa shape index (κ1) is 12.6. The van der Waals surface area contributed by atoms with Crippen molar-refractivity contribution in [3.05, 3.63) is 59.7 Å². The predicted octanol–water partition coefficient (Wildman–Crippen LogP) is 3.64.